The minimum absolute atomic E-state index is 0.0392. The van der Waals surface area contributed by atoms with Crippen molar-refractivity contribution in [3.8, 4) is 5.75 Å². The van der Waals surface area contributed by atoms with Crippen LogP contribution in [0.15, 0.2) is 18.2 Å². The Bertz CT molecular complexity index is 768. The van der Waals surface area contributed by atoms with E-state index in [1.165, 1.54) is 4.90 Å². The van der Waals surface area contributed by atoms with Gasteiger partial charge >= 0.3 is 5.97 Å². The van der Waals surface area contributed by atoms with Crippen LogP contribution in [0.3, 0.4) is 0 Å². The Hall–Kier alpha value is -2.57. The Balaban J connectivity index is 1.83. The van der Waals surface area contributed by atoms with Gasteiger partial charge in [-0.15, -0.1) is 0 Å². The van der Waals surface area contributed by atoms with Gasteiger partial charge in [-0.05, 0) is 49.3 Å². The fourth-order valence-electron chi connectivity index (χ4n) is 4.27. The SMILES string of the molecule is COc1cc(C(=O)N2CC3(CCN(C(C)=O)CC3)C[C@@H]2C(=O)O)ccc1C. The zero-order valence-corrected chi connectivity index (χ0v) is 16.0. The molecule has 1 aromatic rings. The molecule has 7 heteroatoms. The summed E-state index contributed by atoms with van der Waals surface area (Å²) in [5.74, 6) is -0.617. The van der Waals surface area contributed by atoms with Crippen molar-refractivity contribution in [1.82, 2.24) is 9.80 Å². The molecule has 0 bridgehead atoms. The zero-order chi connectivity index (χ0) is 19.8. The predicted octanol–water partition coefficient (Wildman–Crippen LogP) is 1.93. The predicted molar refractivity (Wildman–Crippen MR) is 98.7 cm³/mol. The monoisotopic (exact) mass is 374 g/mol. The standard InChI is InChI=1S/C20H26N2O5/c1-13-4-5-15(10-17(13)27-3)18(24)22-12-20(11-16(22)19(25)26)6-8-21(9-7-20)14(2)23/h4-5,10,16H,6-9,11-12H2,1-3H3,(H,25,26)/t16-/m1/s1. The molecule has 3 rings (SSSR count). The summed E-state index contributed by atoms with van der Waals surface area (Å²) in [6, 6.07) is 4.34. The number of aliphatic carboxylic acids is 1. The average molecular weight is 374 g/mol. The van der Waals surface area contributed by atoms with E-state index in [0.29, 0.717) is 37.4 Å². The summed E-state index contributed by atoms with van der Waals surface area (Å²) in [5, 5.41) is 9.70. The number of rotatable bonds is 3. The van der Waals surface area contributed by atoms with E-state index in [1.807, 2.05) is 6.92 Å². The summed E-state index contributed by atoms with van der Waals surface area (Å²) in [7, 11) is 1.55. The number of piperidine rings is 1. The minimum atomic E-state index is -0.978. The van der Waals surface area contributed by atoms with Crippen LogP contribution in [-0.4, -0.2) is 65.5 Å². The third-order valence-corrected chi connectivity index (χ3v) is 5.98. The molecule has 0 aliphatic carbocycles. The van der Waals surface area contributed by atoms with Crippen LogP contribution >= 0.6 is 0 Å². The second-order valence-electron chi connectivity index (χ2n) is 7.68. The van der Waals surface area contributed by atoms with Crippen molar-refractivity contribution >= 4 is 17.8 Å². The summed E-state index contributed by atoms with van der Waals surface area (Å²) < 4.78 is 5.29. The van der Waals surface area contributed by atoms with E-state index in [4.69, 9.17) is 4.74 Å². The number of ether oxygens (including phenoxy) is 1. The molecule has 2 aliphatic heterocycles. The van der Waals surface area contributed by atoms with Gasteiger partial charge in [0.25, 0.3) is 5.91 Å². The second kappa shape index (κ2) is 7.21. The fourth-order valence-corrected chi connectivity index (χ4v) is 4.27. The largest absolute Gasteiger partial charge is 0.496 e. The summed E-state index contributed by atoms with van der Waals surface area (Å²) in [4.78, 5) is 39.8. The van der Waals surface area contributed by atoms with Crippen LogP contribution in [0.4, 0.5) is 0 Å². The lowest BCUT2D eigenvalue weighted by Gasteiger charge is -2.38. The number of likely N-dealkylation sites (tertiary alicyclic amines) is 2. The zero-order valence-electron chi connectivity index (χ0n) is 16.0. The maximum absolute atomic E-state index is 13.1. The number of nitrogens with zero attached hydrogens (tertiary/aromatic N) is 2. The van der Waals surface area contributed by atoms with Gasteiger partial charge in [0.05, 0.1) is 7.11 Å². The molecule has 2 amide bonds. The molecule has 7 nitrogen and oxygen atoms in total. The van der Waals surface area contributed by atoms with Gasteiger partial charge in [0.15, 0.2) is 0 Å². The number of carbonyl (C=O) groups is 3. The summed E-state index contributed by atoms with van der Waals surface area (Å²) in [6.45, 7) is 5.07. The van der Waals surface area contributed by atoms with Crippen molar-refractivity contribution in [3.63, 3.8) is 0 Å². The maximum atomic E-state index is 13.1. The van der Waals surface area contributed by atoms with Gasteiger partial charge in [0.2, 0.25) is 5.91 Å². The van der Waals surface area contributed by atoms with Crippen LogP contribution in [0.25, 0.3) is 0 Å². The second-order valence-corrected chi connectivity index (χ2v) is 7.68. The molecule has 1 aromatic carbocycles. The highest BCUT2D eigenvalue weighted by molar-refractivity contribution is 5.97. The number of benzene rings is 1. The number of carbonyl (C=O) groups excluding carboxylic acids is 2. The highest BCUT2D eigenvalue weighted by Crippen LogP contribution is 2.44. The number of hydrogen-bond donors (Lipinski definition) is 1. The molecular formula is C20H26N2O5. The van der Waals surface area contributed by atoms with Crippen LogP contribution < -0.4 is 4.74 Å². The van der Waals surface area contributed by atoms with Gasteiger partial charge in [0.1, 0.15) is 11.8 Å². The first-order valence-corrected chi connectivity index (χ1v) is 9.20. The van der Waals surface area contributed by atoms with Crippen LogP contribution in [0.1, 0.15) is 42.1 Å². The van der Waals surface area contributed by atoms with Crippen LogP contribution in [0, 0.1) is 12.3 Å². The Kier molecular flexibility index (Phi) is 5.13. The first kappa shape index (κ1) is 19.2. The Morgan fingerprint density at radius 2 is 1.89 bits per heavy atom. The van der Waals surface area contributed by atoms with Gasteiger partial charge in [-0.1, -0.05) is 6.07 Å². The van der Waals surface area contributed by atoms with Crippen molar-refractivity contribution in [2.24, 2.45) is 5.41 Å². The Labute approximate surface area is 158 Å². The topological polar surface area (TPSA) is 87.2 Å². The van der Waals surface area contributed by atoms with Crippen molar-refractivity contribution in [3.05, 3.63) is 29.3 Å². The third-order valence-electron chi connectivity index (χ3n) is 5.98. The summed E-state index contributed by atoms with van der Waals surface area (Å²) in [5.41, 5.74) is 1.11. The number of carboxylic acids is 1. The molecule has 0 aromatic heterocycles. The molecule has 1 N–H and O–H groups in total. The first-order valence-electron chi connectivity index (χ1n) is 9.20. The van der Waals surface area contributed by atoms with E-state index in [9.17, 15) is 19.5 Å². The van der Waals surface area contributed by atoms with Gasteiger partial charge in [-0.2, -0.15) is 0 Å². The van der Waals surface area contributed by atoms with Crippen molar-refractivity contribution < 1.29 is 24.2 Å². The van der Waals surface area contributed by atoms with Gasteiger partial charge in [-0.3, -0.25) is 9.59 Å². The normalized spacial score (nSPS) is 21.4. The quantitative estimate of drug-likeness (QED) is 0.874. The lowest BCUT2D eigenvalue weighted by atomic mass is 9.76. The molecule has 2 saturated heterocycles. The number of methoxy groups -OCH3 is 1. The third kappa shape index (κ3) is 3.63. The average Bonchev–Trinajstić information content (AvgIpc) is 3.01. The molecule has 0 unspecified atom stereocenters. The number of aryl methyl sites for hydroxylation is 1. The van der Waals surface area contributed by atoms with Crippen molar-refractivity contribution in [1.29, 1.82) is 0 Å². The maximum Gasteiger partial charge on any atom is 0.326 e. The fraction of sp³-hybridized carbons (Fsp3) is 0.550. The van der Waals surface area contributed by atoms with E-state index in [1.54, 1.807) is 37.1 Å². The summed E-state index contributed by atoms with van der Waals surface area (Å²) in [6.07, 6.45) is 1.87. The van der Waals surface area contributed by atoms with E-state index < -0.39 is 12.0 Å². The Morgan fingerprint density at radius 1 is 1.22 bits per heavy atom. The van der Waals surface area contributed by atoms with Crippen LogP contribution in [-0.2, 0) is 9.59 Å². The van der Waals surface area contributed by atoms with Crippen molar-refractivity contribution in [2.75, 3.05) is 26.7 Å². The lowest BCUT2D eigenvalue weighted by molar-refractivity contribution is -0.141. The molecule has 0 radical (unpaired) electrons. The first-order chi connectivity index (χ1) is 12.8. The molecule has 2 heterocycles. The van der Waals surface area contributed by atoms with Crippen LogP contribution in [0.5, 0.6) is 5.75 Å². The lowest BCUT2D eigenvalue weighted by Crippen LogP contribution is -2.44. The minimum Gasteiger partial charge on any atom is -0.496 e. The van der Waals surface area contributed by atoms with Gasteiger partial charge < -0.3 is 19.6 Å². The van der Waals surface area contributed by atoms with Gasteiger partial charge in [-0.25, -0.2) is 4.79 Å². The molecule has 1 spiro atoms. The summed E-state index contributed by atoms with van der Waals surface area (Å²) >= 11 is 0. The molecule has 1 atom stereocenters. The van der Waals surface area contributed by atoms with Crippen LogP contribution in [0.2, 0.25) is 0 Å². The molecule has 2 fully saturated rings. The smallest absolute Gasteiger partial charge is 0.326 e. The van der Waals surface area contributed by atoms with E-state index in [-0.39, 0.29) is 17.2 Å². The highest BCUT2D eigenvalue weighted by atomic mass is 16.5. The molecule has 146 valence electrons. The molecule has 0 saturated carbocycles. The highest BCUT2D eigenvalue weighted by Gasteiger charge is 2.50. The molecular weight excluding hydrogens is 348 g/mol. The molecule has 2 aliphatic rings. The van der Waals surface area contributed by atoms with E-state index in [0.717, 1.165) is 18.4 Å². The van der Waals surface area contributed by atoms with Gasteiger partial charge in [0, 0.05) is 32.1 Å². The number of carboxylic acid groups (broad SMARTS) is 1. The molecule has 27 heavy (non-hydrogen) atoms. The van der Waals surface area contributed by atoms with E-state index in [2.05, 4.69) is 0 Å². The van der Waals surface area contributed by atoms with E-state index >= 15 is 0 Å². The Morgan fingerprint density at radius 3 is 2.44 bits per heavy atom. The number of hydrogen-bond acceptors (Lipinski definition) is 4. The van der Waals surface area contributed by atoms with Crippen molar-refractivity contribution in [2.45, 2.75) is 39.2 Å². The number of amides is 2.